The summed E-state index contributed by atoms with van der Waals surface area (Å²) < 4.78 is 5.83. The van der Waals surface area contributed by atoms with Crippen molar-refractivity contribution in [2.75, 3.05) is 6.61 Å². The van der Waals surface area contributed by atoms with Crippen molar-refractivity contribution in [1.29, 1.82) is 0 Å². The molecule has 1 unspecified atom stereocenters. The Kier molecular flexibility index (Phi) is 7.55. The summed E-state index contributed by atoms with van der Waals surface area (Å²) in [5.41, 5.74) is 2.64. The fourth-order valence-corrected chi connectivity index (χ4v) is 3.29. The molecule has 0 bridgehead atoms. The number of Topliss-reactive ketones (excluding diaryl/α,β-unsaturated/α-hetero) is 1. The molecule has 1 aliphatic carbocycles. The van der Waals surface area contributed by atoms with Crippen LogP contribution in [0.3, 0.4) is 0 Å². The minimum Gasteiger partial charge on any atom is -0.494 e. The fraction of sp³-hybridized carbons (Fsp3) is 0.591. The Morgan fingerprint density at radius 3 is 2.54 bits per heavy atom. The van der Waals surface area contributed by atoms with Crippen molar-refractivity contribution < 1.29 is 9.53 Å². The molecular formula is C22H32O2. The van der Waals surface area contributed by atoms with Crippen LogP contribution in [0.4, 0.5) is 0 Å². The van der Waals surface area contributed by atoms with E-state index in [1.54, 1.807) is 0 Å². The number of carbonyl (C=O) groups is 1. The van der Waals surface area contributed by atoms with Gasteiger partial charge in [0.2, 0.25) is 0 Å². The smallest absolute Gasteiger partial charge is 0.136 e. The molecular weight excluding hydrogens is 296 g/mol. The van der Waals surface area contributed by atoms with E-state index in [1.165, 1.54) is 24.0 Å². The first-order valence-corrected chi connectivity index (χ1v) is 9.55. The number of rotatable bonds is 9. The number of hydrogen-bond acceptors (Lipinski definition) is 2. The predicted molar refractivity (Wildman–Crippen MR) is 101 cm³/mol. The number of ketones is 1. The van der Waals surface area contributed by atoms with E-state index in [9.17, 15) is 4.79 Å². The molecule has 1 aromatic rings. The maximum absolute atomic E-state index is 11.8. The van der Waals surface area contributed by atoms with Gasteiger partial charge < -0.3 is 4.74 Å². The molecule has 0 N–H and O–H groups in total. The van der Waals surface area contributed by atoms with Crippen LogP contribution in [0.1, 0.15) is 71.3 Å². The van der Waals surface area contributed by atoms with Crippen LogP contribution in [0.2, 0.25) is 0 Å². The number of ether oxygens (including phenoxy) is 1. The van der Waals surface area contributed by atoms with E-state index < -0.39 is 0 Å². The molecule has 2 heteroatoms. The third-order valence-corrected chi connectivity index (χ3v) is 4.88. The maximum atomic E-state index is 11.8. The molecule has 0 saturated heterocycles. The molecule has 0 saturated carbocycles. The van der Waals surface area contributed by atoms with Crippen molar-refractivity contribution in [3.63, 3.8) is 0 Å². The normalized spacial score (nSPS) is 17.7. The number of unbranched alkanes of at least 4 members (excludes halogenated alkanes) is 1. The van der Waals surface area contributed by atoms with E-state index in [0.29, 0.717) is 12.2 Å². The van der Waals surface area contributed by atoms with Gasteiger partial charge in [-0.1, -0.05) is 45.4 Å². The summed E-state index contributed by atoms with van der Waals surface area (Å²) in [7, 11) is 0. The summed E-state index contributed by atoms with van der Waals surface area (Å²) in [4.78, 5) is 11.8. The summed E-state index contributed by atoms with van der Waals surface area (Å²) in [6, 6.07) is 8.44. The van der Waals surface area contributed by atoms with Gasteiger partial charge >= 0.3 is 0 Å². The molecule has 1 aromatic carbocycles. The molecule has 132 valence electrons. The van der Waals surface area contributed by atoms with Crippen molar-refractivity contribution in [2.24, 2.45) is 11.8 Å². The van der Waals surface area contributed by atoms with Crippen molar-refractivity contribution >= 4 is 11.4 Å². The molecule has 1 aliphatic rings. The Morgan fingerprint density at radius 2 is 1.96 bits per heavy atom. The highest BCUT2D eigenvalue weighted by atomic mass is 16.5. The van der Waals surface area contributed by atoms with Crippen LogP contribution in [0.25, 0.3) is 5.57 Å². The van der Waals surface area contributed by atoms with Gasteiger partial charge in [0.25, 0.3) is 0 Å². The zero-order chi connectivity index (χ0) is 17.4. The highest BCUT2D eigenvalue weighted by Gasteiger charge is 2.20. The number of hydrogen-bond donors (Lipinski definition) is 0. The van der Waals surface area contributed by atoms with Gasteiger partial charge in [0.05, 0.1) is 6.61 Å². The molecule has 0 spiro atoms. The van der Waals surface area contributed by atoms with E-state index in [1.807, 2.05) is 6.92 Å². The lowest BCUT2D eigenvalue weighted by molar-refractivity contribution is -0.122. The first kappa shape index (κ1) is 18.8. The summed E-state index contributed by atoms with van der Waals surface area (Å²) >= 11 is 0. The molecule has 0 radical (unpaired) electrons. The van der Waals surface area contributed by atoms with E-state index >= 15 is 0 Å². The second-order valence-electron chi connectivity index (χ2n) is 7.28. The summed E-state index contributed by atoms with van der Waals surface area (Å²) in [6.07, 6.45) is 9.45. The number of carbonyl (C=O) groups excluding carboxylic acids is 1. The zero-order valence-corrected chi connectivity index (χ0v) is 15.5. The van der Waals surface area contributed by atoms with Crippen molar-refractivity contribution in [2.45, 2.75) is 65.7 Å². The molecule has 2 rings (SSSR count). The van der Waals surface area contributed by atoms with Crippen molar-refractivity contribution in [1.82, 2.24) is 0 Å². The van der Waals surface area contributed by atoms with E-state index in [-0.39, 0.29) is 5.92 Å². The zero-order valence-electron chi connectivity index (χ0n) is 15.5. The third kappa shape index (κ3) is 5.81. The van der Waals surface area contributed by atoms with Crippen LogP contribution in [-0.2, 0) is 4.79 Å². The van der Waals surface area contributed by atoms with Crippen LogP contribution in [0.5, 0.6) is 5.75 Å². The van der Waals surface area contributed by atoms with Crippen molar-refractivity contribution in [3.8, 4) is 5.75 Å². The lowest BCUT2D eigenvalue weighted by atomic mass is 9.84. The van der Waals surface area contributed by atoms with Gasteiger partial charge in [-0.05, 0) is 61.3 Å². The Labute approximate surface area is 147 Å². The molecule has 0 aromatic heterocycles. The SMILES string of the molecule is CCC(=O)C1CC=C(c2ccc(OCCCCC(C)C)cc2)CC1. The minimum absolute atomic E-state index is 0.243. The largest absolute Gasteiger partial charge is 0.494 e. The number of benzene rings is 1. The average molecular weight is 328 g/mol. The molecule has 0 heterocycles. The highest BCUT2D eigenvalue weighted by molar-refractivity contribution is 5.82. The van der Waals surface area contributed by atoms with E-state index in [4.69, 9.17) is 4.74 Å². The van der Waals surface area contributed by atoms with Crippen LogP contribution < -0.4 is 4.74 Å². The quantitative estimate of drug-likeness (QED) is 0.515. The van der Waals surface area contributed by atoms with Crippen LogP contribution in [0.15, 0.2) is 30.3 Å². The standard InChI is InChI=1S/C22H32O2/c1-4-22(23)20-10-8-18(9-11-20)19-12-14-21(15-13-19)24-16-6-5-7-17(2)3/h8,12-15,17,20H,4-7,9-11,16H2,1-3H3. The van der Waals surface area contributed by atoms with Gasteiger partial charge in [-0.2, -0.15) is 0 Å². The van der Waals surface area contributed by atoms with E-state index in [0.717, 1.165) is 44.0 Å². The molecule has 2 nitrogen and oxygen atoms in total. The van der Waals surface area contributed by atoms with Gasteiger partial charge in [-0.15, -0.1) is 0 Å². The molecule has 24 heavy (non-hydrogen) atoms. The first-order chi connectivity index (χ1) is 11.6. The summed E-state index contributed by atoms with van der Waals surface area (Å²) in [5.74, 6) is 2.39. The predicted octanol–water partition coefficient (Wildman–Crippen LogP) is 6.05. The van der Waals surface area contributed by atoms with E-state index in [2.05, 4.69) is 44.2 Å². The summed E-state index contributed by atoms with van der Waals surface area (Å²) in [6.45, 7) is 7.29. The number of allylic oxidation sites excluding steroid dienone is 2. The Balaban J connectivity index is 1.80. The van der Waals surface area contributed by atoms with Gasteiger partial charge in [-0.3, -0.25) is 4.79 Å². The average Bonchev–Trinajstić information content (AvgIpc) is 2.61. The Bertz CT molecular complexity index is 540. The lowest BCUT2D eigenvalue weighted by Gasteiger charge is -2.20. The third-order valence-electron chi connectivity index (χ3n) is 4.88. The Morgan fingerprint density at radius 1 is 1.21 bits per heavy atom. The van der Waals surface area contributed by atoms with Gasteiger partial charge in [0, 0.05) is 12.3 Å². The van der Waals surface area contributed by atoms with Gasteiger partial charge in [0.1, 0.15) is 11.5 Å². The molecule has 0 aliphatic heterocycles. The van der Waals surface area contributed by atoms with Crippen LogP contribution in [-0.4, -0.2) is 12.4 Å². The Hall–Kier alpha value is -1.57. The second-order valence-corrected chi connectivity index (χ2v) is 7.28. The molecule has 0 fully saturated rings. The highest BCUT2D eigenvalue weighted by Crippen LogP contribution is 2.31. The monoisotopic (exact) mass is 328 g/mol. The van der Waals surface area contributed by atoms with Gasteiger partial charge in [-0.25, -0.2) is 0 Å². The first-order valence-electron chi connectivity index (χ1n) is 9.55. The second kappa shape index (κ2) is 9.66. The maximum Gasteiger partial charge on any atom is 0.136 e. The fourth-order valence-electron chi connectivity index (χ4n) is 3.29. The molecule has 1 atom stereocenters. The van der Waals surface area contributed by atoms with Crippen molar-refractivity contribution in [3.05, 3.63) is 35.9 Å². The molecule has 0 amide bonds. The van der Waals surface area contributed by atoms with Gasteiger partial charge in [0.15, 0.2) is 0 Å². The van der Waals surface area contributed by atoms with Crippen LogP contribution >= 0.6 is 0 Å². The van der Waals surface area contributed by atoms with Crippen LogP contribution in [0, 0.1) is 11.8 Å². The summed E-state index contributed by atoms with van der Waals surface area (Å²) in [5, 5.41) is 0. The topological polar surface area (TPSA) is 26.3 Å². The minimum atomic E-state index is 0.243. The lowest BCUT2D eigenvalue weighted by Crippen LogP contribution is -2.15.